The van der Waals surface area contributed by atoms with E-state index >= 15 is 0 Å². The fourth-order valence-corrected chi connectivity index (χ4v) is 2.56. The van der Waals surface area contributed by atoms with Crippen molar-refractivity contribution in [2.24, 2.45) is 0 Å². The third-order valence-corrected chi connectivity index (χ3v) is 3.65. The van der Waals surface area contributed by atoms with E-state index in [1.807, 2.05) is 18.2 Å². The van der Waals surface area contributed by atoms with E-state index in [-0.39, 0.29) is 14.9 Å². The Labute approximate surface area is 129 Å². The summed E-state index contributed by atoms with van der Waals surface area (Å²) in [5.74, 6) is 1.04. The van der Waals surface area contributed by atoms with Crippen LogP contribution in [0.25, 0.3) is 0 Å². The summed E-state index contributed by atoms with van der Waals surface area (Å²) in [5, 5.41) is 0. The summed E-state index contributed by atoms with van der Waals surface area (Å²) >= 11 is 0. The van der Waals surface area contributed by atoms with Gasteiger partial charge >= 0.3 is 0 Å². The number of likely N-dealkylation sites (N-methyl/N-ethyl adjacent to an activating group) is 1. The third-order valence-electron chi connectivity index (χ3n) is 3.65. The molecule has 0 N–H and O–H groups in total. The summed E-state index contributed by atoms with van der Waals surface area (Å²) in [7, 11) is 2.14. The van der Waals surface area contributed by atoms with E-state index in [1.165, 1.54) is 29.8 Å². The number of anilines is 1. The van der Waals surface area contributed by atoms with Crippen LogP contribution in [0.15, 0.2) is 42.5 Å². The lowest BCUT2D eigenvalue weighted by Gasteiger charge is -2.10. The molecule has 0 radical (unpaired) electrons. The Hall–Kier alpha value is -1.96. The molecule has 114 valence electrons. The molecule has 0 fully saturated rings. The molecule has 0 saturated heterocycles. The number of benzene rings is 2. The first kappa shape index (κ1) is 17.1. The molecule has 2 aromatic rings. The lowest BCUT2D eigenvalue weighted by Crippen LogP contribution is -2.12. The fourth-order valence-electron chi connectivity index (χ4n) is 2.56. The van der Waals surface area contributed by atoms with E-state index in [2.05, 4.69) is 42.3 Å². The van der Waals surface area contributed by atoms with Gasteiger partial charge in [0.1, 0.15) is 0 Å². The van der Waals surface area contributed by atoms with Crippen LogP contribution < -0.4 is 9.64 Å². The molecule has 4 rings (SSSR count). The Morgan fingerprint density at radius 3 is 2.62 bits per heavy atom. The van der Waals surface area contributed by atoms with Gasteiger partial charge in [0.25, 0.3) is 0 Å². The molecular weight excluding hydrogens is 258 g/mol. The number of fused-ring (bicyclic) bond motifs is 2. The number of rotatable bonds is 0. The zero-order chi connectivity index (χ0) is 13.1. The van der Waals surface area contributed by atoms with Crippen molar-refractivity contribution in [1.29, 1.82) is 0 Å². The molecule has 21 heavy (non-hydrogen) atoms. The first-order valence-corrected chi connectivity index (χ1v) is 6.75. The van der Waals surface area contributed by atoms with E-state index in [4.69, 9.17) is 4.74 Å². The van der Waals surface area contributed by atoms with Gasteiger partial charge in [-0.3, -0.25) is 0 Å². The highest BCUT2D eigenvalue weighted by Gasteiger charge is 2.12. The van der Waals surface area contributed by atoms with Crippen LogP contribution in [0.3, 0.4) is 0 Å². The third kappa shape index (κ3) is 3.78. The van der Waals surface area contributed by atoms with E-state index in [9.17, 15) is 0 Å². The number of nitrogens with zero attached hydrogens (tertiary/aromatic N) is 1. The lowest BCUT2D eigenvalue weighted by molar-refractivity contribution is 0.357. The molecule has 2 aliphatic rings. The molecule has 0 aliphatic carbocycles. The van der Waals surface area contributed by atoms with Crippen molar-refractivity contribution >= 4 is 5.69 Å². The van der Waals surface area contributed by atoms with Crippen molar-refractivity contribution in [3.63, 3.8) is 0 Å². The number of ether oxygens (including phenoxy) is 1. The van der Waals surface area contributed by atoms with Crippen LogP contribution >= 0.6 is 0 Å². The summed E-state index contributed by atoms with van der Waals surface area (Å²) in [6.07, 6.45) is 2.26. The summed E-state index contributed by atoms with van der Waals surface area (Å²) in [5.41, 5.74) is 4.19. The Bertz CT molecular complexity index is 542. The molecule has 0 unspecified atom stereocenters. The molecule has 0 aromatic heterocycles. The number of hydrogen-bond acceptors (Lipinski definition) is 2. The van der Waals surface area contributed by atoms with Crippen molar-refractivity contribution in [1.82, 2.24) is 0 Å². The van der Waals surface area contributed by atoms with Crippen LogP contribution in [-0.2, 0) is 12.8 Å². The van der Waals surface area contributed by atoms with Crippen molar-refractivity contribution < 1.29 is 4.74 Å². The maximum Gasteiger partial charge on any atom is 0.0788 e. The number of hydrogen-bond donors (Lipinski definition) is 0. The van der Waals surface area contributed by atoms with Gasteiger partial charge in [-0.05, 0) is 24.5 Å². The van der Waals surface area contributed by atoms with Crippen LogP contribution in [0.5, 0.6) is 5.75 Å². The van der Waals surface area contributed by atoms with E-state index in [0.717, 1.165) is 18.8 Å². The molecule has 0 saturated carbocycles. The minimum absolute atomic E-state index is 0. The van der Waals surface area contributed by atoms with Crippen LogP contribution in [-0.4, -0.2) is 20.2 Å². The Kier molecular flexibility index (Phi) is 6.29. The highest BCUT2D eigenvalue weighted by atomic mass is 16.5. The van der Waals surface area contributed by atoms with Gasteiger partial charge in [-0.2, -0.15) is 18.2 Å². The lowest BCUT2D eigenvalue weighted by atomic mass is 10.2. The molecular formula is C19H26NO-. The molecule has 2 heteroatoms. The second kappa shape index (κ2) is 7.72. The van der Waals surface area contributed by atoms with E-state index in [1.54, 1.807) is 0 Å². The first-order chi connectivity index (χ1) is 9.34. The van der Waals surface area contributed by atoms with Gasteiger partial charge in [-0.15, -0.1) is 11.6 Å². The number of para-hydroxylation sites is 1. The summed E-state index contributed by atoms with van der Waals surface area (Å²) in [6, 6.07) is 17.4. The molecule has 2 heterocycles. The van der Waals surface area contributed by atoms with Gasteiger partial charge in [0.05, 0.1) is 6.61 Å². The molecule has 0 amide bonds. The van der Waals surface area contributed by atoms with Gasteiger partial charge in [0.15, 0.2) is 0 Å². The molecule has 0 spiro atoms. The van der Waals surface area contributed by atoms with Crippen LogP contribution in [0, 0.1) is 6.07 Å². The van der Waals surface area contributed by atoms with Crippen LogP contribution in [0.4, 0.5) is 5.69 Å². The molecule has 2 aliphatic heterocycles. The van der Waals surface area contributed by atoms with E-state index < -0.39 is 0 Å². The quantitative estimate of drug-likeness (QED) is 0.666. The minimum Gasteiger partial charge on any atom is -0.519 e. The zero-order valence-corrected chi connectivity index (χ0v) is 11.2. The van der Waals surface area contributed by atoms with Crippen LogP contribution in [0.2, 0.25) is 0 Å². The largest absolute Gasteiger partial charge is 0.519 e. The summed E-state index contributed by atoms with van der Waals surface area (Å²) < 4.78 is 5.28. The normalized spacial score (nSPS) is 13.7. The maximum atomic E-state index is 5.28. The van der Waals surface area contributed by atoms with Crippen molar-refractivity contribution in [3.8, 4) is 5.75 Å². The second-order valence-electron chi connectivity index (χ2n) is 4.93. The standard InChI is InChI=1S/C9H11N.C8H7O.2CH4/c1-10-7-6-8-4-2-3-5-9(8)10;1-2-4-8-7(3-1)5-6-9-8;;/h2-5H,6-7H2,1H3;2-4H,5-6H2;2*1H4/q;-1;;. The Morgan fingerprint density at radius 2 is 1.86 bits per heavy atom. The van der Waals surface area contributed by atoms with Gasteiger partial charge in [-0.1, -0.05) is 33.1 Å². The Morgan fingerprint density at radius 1 is 1.05 bits per heavy atom. The Balaban J connectivity index is 0.000000192. The smallest absolute Gasteiger partial charge is 0.0788 e. The SMILES string of the molecule is C.C.CN1CCc2ccccc21.[c-]1ccc2c(c1)CCO2. The first-order valence-electron chi connectivity index (χ1n) is 6.75. The average Bonchev–Trinajstić information content (AvgIpc) is 3.07. The van der Waals surface area contributed by atoms with E-state index in [0.29, 0.717) is 0 Å². The summed E-state index contributed by atoms with van der Waals surface area (Å²) in [4.78, 5) is 2.30. The summed E-state index contributed by atoms with van der Waals surface area (Å²) in [6.45, 7) is 2.02. The molecule has 2 nitrogen and oxygen atoms in total. The van der Waals surface area contributed by atoms with Crippen LogP contribution in [0.1, 0.15) is 26.0 Å². The molecule has 0 atom stereocenters. The predicted octanol–water partition coefficient (Wildman–Crippen LogP) is 4.37. The van der Waals surface area contributed by atoms with Crippen molar-refractivity contribution in [3.05, 3.63) is 59.7 Å². The monoisotopic (exact) mass is 284 g/mol. The molecule has 2 aromatic carbocycles. The highest BCUT2D eigenvalue weighted by molar-refractivity contribution is 5.56. The molecule has 0 bridgehead atoms. The van der Waals surface area contributed by atoms with Gasteiger partial charge in [-0.25, -0.2) is 0 Å². The zero-order valence-electron chi connectivity index (χ0n) is 11.2. The minimum atomic E-state index is 0. The fraction of sp³-hybridized carbons (Fsp3) is 0.368. The van der Waals surface area contributed by atoms with Gasteiger partial charge < -0.3 is 9.64 Å². The van der Waals surface area contributed by atoms with Gasteiger partial charge in [0, 0.05) is 25.0 Å². The average molecular weight is 284 g/mol. The predicted molar refractivity (Wildman–Crippen MR) is 91.4 cm³/mol. The van der Waals surface area contributed by atoms with Crippen molar-refractivity contribution in [2.45, 2.75) is 27.7 Å². The van der Waals surface area contributed by atoms with Gasteiger partial charge in [0.2, 0.25) is 0 Å². The van der Waals surface area contributed by atoms with Crippen molar-refractivity contribution in [2.75, 3.05) is 25.1 Å². The second-order valence-corrected chi connectivity index (χ2v) is 4.93. The highest BCUT2D eigenvalue weighted by Crippen LogP contribution is 2.25. The topological polar surface area (TPSA) is 12.5 Å². The maximum absolute atomic E-state index is 5.28.